The topological polar surface area (TPSA) is 70.6 Å². The maximum atomic E-state index is 12.4. The van der Waals surface area contributed by atoms with E-state index in [1.807, 2.05) is 0 Å². The lowest BCUT2D eigenvalue weighted by Crippen LogP contribution is -2.53. The van der Waals surface area contributed by atoms with E-state index in [4.69, 9.17) is 4.74 Å². The highest BCUT2D eigenvalue weighted by Crippen LogP contribution is 2.32. The van der Waals surface area contributed by atoms with Crippen LogP contribution in [0.15, 0.2) is 18.2 Å². The number of phenolic OH excluding ortho intramolecular Hbond substituents is 1. The molecular formula is C15H22N2O3. The van der Waals surface area contributed by atoms with Crippen LogP contribution in [0, 0.1) is 5.41 Å². The summed E-state index contributed by atoms with van der Waals surface area (Å²) >= 11 is 0. The maximum absolute atomic E-state index is 12.4. The lowest BCUT2D eigenvalue weighted by atomic mass is 9.77. The molecule has 1 amide bonds. The standard InChI is InChI=1S/C15H22N2O3/c1-15(2)7-4-8-16-13(15)14(19)17-10-5-6-12(20-3)11(18)9-10/h5-6,9,13,16,18H,4,7-8H2,1-3H3,(H,17,19). The van der Waals surface area contributed by atoms with Gasteiger partial charge in [-0.3, -0.25) is 4.79 Å². The van der Waals surface area contributed by atoms with Crippen molar-refractivity contribution >= 4 is 11.6 Å². The molecule has 1 saturated heterocycles. The summed E-state index contributed by atoms with van der Waals surface area (Å²) < 4.78 is 4.98. The summed E-state index contributed by atoms with van der Waals surface area (Å²) in [6, 6.07) is 4.61. The Morgan fingerprint density at radius 2 is 2.25 bits per heavy atom. The number of benzene rings is 1. The van der Waals surface area contributed by atoms with Gasteiger partial charge in [-0.2, -0.15) is 0 Å². The van der Waals surface area contributed by atoms with Crippen molar-refractivity contribution in [3.05, 3.63) is 18.2 Å². The fraction of sp³-hybridized carbons (Fsp3) is 0.533. The van der Waals surface area contributed by atoms with Crippen LogP contribution in [0.2, 0.25) is 0 Å². The molecule has 0 aromatic heterocycles. The van der Waals surface area contributed by atoms with Gasteiger partial charge in [-0.25, -0.2) is 0 Å². The monoisotopic (exact) mass is 278 g/mol. The van der Waals surface area contributed by atoms with E-state index in [1.54, 1.807) is 12.1 Å². The van der Waals surface area contributed by atoms with Crippen molar-refractivity contribution in [2.75, 3.05) is 19.0 Å². The van der Waals surface area contributed by atoms with E-state index in [0.717, 1.165) is 19.4 Å². The number of methoxy groups -OCH3 is 1. The zero-order chi connectivity index (χ0) is 14.8. The molecule has 5 heteroatoms. The predicted molar refractivity (Wildman–Crippen MR) is 78.1 cm³/mol. The van der Waals surface area contributed by atoms with Crippen molar-refractivity contribution < 1.29 is 14.6 Å². The number of nitrogens with one attached hydrogen (secondary N) is 2. The average molecular weight is 278 g/mol. The Kier molecular flexibility index (Phi) is 4.18. The second kappa shape index (κ2) is 5.71. The summed E-state index contributed by atoms with van der Waals surface area (Å²) in [7, 11) is 1.49. The third kappa shape index (κ3) is 3.04. The molecule has 1 aromatic rings. The van der Waals surface area contributed by atoms with E-state index >= 15 is 0 Å². The van der Waals surface area contributed by atoms with Gasteiger partial charge in [0.05, 0.1) is 13.2 Å². The van der Waals surface area contributed by atoms with Crippen LogP contribution in [0.25, 0.3) is 0 Å². The Labute approximate surface area is 119 Å². The van der Waals surface area contributed by atoms with Crippen molar-refractivity contribution in [3.8, 4) is 11.5 Å². The number of hydrogen-bond donors (Lipinski definition) is 3. The number of rotatable bonds is 3. The molecule has 0 spiro atoms. The Bertz CT molecular complexity index is 500. The first-order chi connectivity index (χ1) is 9.44. The number of anilines is 1. The van der Waals surface area contributed by atoms with Gasteiger partial charge in [0.15, 0.2) is 11.5 Å². The first-order valence-electron chi connectivity index (χ1n) is 6.85. The normalized spacial score (nSPS) is 21.2. The van der Waals surface area contributed by atoms with Crippen LogP contribution in [-0.2, 0) is 4.79 Å². The number of carbonyl (C=O) groups is 1. The molecule has 0 aliphatic carbocycles. The summed E-state index contributed by atoms with van der Waals surface area (Å²) in [5.41, 5.74) is 0.494. The highest BCUT2D eigenvalue weighted by atomic mass is 16.5. The second-order valence-electron chi connectivity index (χ2n) is 5.86. The Morgan fingerprint density at radius 3 is 2.85 bits per heavy atom. The number of amides is 1. The molecule has 1 heterocycles. The molecule has 1 atom stereocenters. The summed E-state index contributed by atoms with van der Waals surface area (Å²) in [6.07, 6.45) is 2.10. The fourth-order valence-corrected chi connectivity index (χ4v) is 2.64. The molecule has 5 nitrogen and oxygen atoms in total. The van der Waals surface area contributed by atoms with Crippen molar-refractivity contribution in [1.82, 2.24) is 5.32 Å². The number of carbonyl (C=O) groups excluding carboxylic acids is 1. The second-order valence-corrected chi connectivity index (χ2v) is 5.86. The fourth-order valence-electron chi connectivity index (χ4n) is 2.64. The number of piperidine rings is 1. The van der Waals surface area contributed by atoms with Crippen LogP contribution in [-0.4, -0.2) is 30.7 Å². The maximum Gasteiger partial charge on any atom is 0.242 e. The Balaban J connectivity index is 2.09. The van der Waals surface area contributed by atoms with E-state index in [1.165, 1.54) is 13.2 Å². The molecule has 1 aromatic carbocycles. The average Bonchev–Trinajstić information content (AvgIpc) is 2.38. The van der Waals surface area contributed by atoms with Gasteiger partial charge in [-0.1, -0.05) is 13.8 Å². The highest BCUT2D eigenvalue weighted by molar-refractivity contribution is 5.95. The lowest BCUT2D eigenvalue weighted by molar-refractivity contribution is -0.121. The first-order valence-corrected chi connectivity index (χ1v) is 6.85. The molecule has 1 aliphatic rings. The van der Waals surface area contributed by atoms with E-state index in [9.17, 15) is 9.90 Å². The summed E-state index contributed by atoms with van der Waals surface area (Å²) in [6.45, 7) is 5.04. The SMILES string of the molecule is COc1ccc(NC(=O)C2NCCCC2(C)C)cc1O. The summed E-state index contributed by atoms with van der Waals surface area (Å²) in [4.78, 5) is 12.4. The zero-order valence-corrected chi connectivity index (χ0v) is 12.2. The lowest BCUT2D eigenvalue weighted by Gasteiger charge is -2.38. The van der Waals surface area contributed by atoms with Crippen LogP contribution in [0.4, 0.5) is 5.69 Å². The van der Waals surface area contributed by atoms with Gasteiger partial charge < -0.3 is 20.5 Å². The minimum Gasteiger partial charge on any atom is -0.504 e. The quantitative estimate of drug-likeness (QED) is 0.792. The van der Waals surface area contributed by atoms with Crippen LogP contribution in [0.1, 0.15) is 26.7 Å². The Morgan fingerprint density at radius 1 is 1.50 bits per heavy atom. The van der Waals surface area contributed by atoms with Crippen LogP contribution >= 0.6 is 0 Å². The van der Waals surface area contributed by atoms with Crippen LogP contribution in [0.3, 0.4) is 0 Å². The van der Waals surface area contributed by atoms with Crippen molar-refractivity contribution in [2.45, 2.75) is 32.7 Å². The highest BCUT2D eigenvalue weighted by Gasteiger charge is 2.37. The molecule has 1 fully saturated rings. The van der Waals surface area contributed by atoms with Gasteiger partial charge in [0.25, 0.3) is 0 Å². The van der Waals surface area contributed by atoms with Crippen LogP contribution in [0.5, 0.6) is 11.5 Å². The van der Waals surface area contributed by atoms with Crippen molar-refractivity contribution in [2.24, 2.45) is 5.41 Å². The third-order valence-corrected chi connectivity index (χ3v) is 3.84. The van der Waals surface area contributed by atoms with E-state index in [2.05, 4.69) is 24.5 Å². The number of phenols is 1. The molecule has 0 radical (unpaired) electrons. The minimum absolute atomic E-state index is 0.0150. The van der Waals surface area contributed by atoms with Crippen LogP contribution < -0.4 is 15.4 Å². The largest absolute Gasteiger partial charge is 0.504 e. The number of hydrogen-bond acceptors (Lipinski definition) is 4. The summed E-state index contributed by atoms with van der Waals surface area (Å²) in [5, 5.41) is 15.8. The molecular weight excluding hydrogens is 256 g/mol. The van der Waals surface area contributed by atoms with E-state index in [0.29, 0.717) is 11.4 Å². The van der Waals surface area contributed by atoms with Gasteiger partial charge in [-0.15, -0.1) is 0 Å². The van der Waals surface area contributed by atoms with Gasteiger partial charge in [0.1, 0.15) is 0 Å². The number of aromatic hydroxyl groups is 1. The molecule has 1 unspecified atom stereocenters. The minimum atomic E-state index is -0.222. The first kappa shape index (κ1) is 14.7. The molecule has 1 aliphatic heterocycles. The number of ether oxygens (including phenoxy) is 1. The van der Waals surface area contributed by atoms with E-state index < -0.39 is 0 Å². The molecule has 20 heavy (non-hydrogen) atoms. The Hall–Kier alpha value is -1.75. The van der Waals surface area contributed by atoms with Crippen molar-refractivity contribution in [3.63, 3.8) is 0 Å². The summed E-state index contributed by atoms with van der Waals surface area (Å²) in [5.74, 6) is 0.333. The van der Waals surface area contributed by atoms with Gasteiger partial charge in [-0.05, 0) is 36.9 Å². The predicted octanol–water partition coefficient (Wildman–Crippen LogP) is 2.12. The van der Waals surface area contributed by atoms with Crippen molar-refractivity contribution in [1.29, 1.82) is 0 Å². The third-order valence-electron chi connectivity index (χ3n) is 3.84. The molecule has 0 bridgehead atoms. The van der Waals surface area contributed by atoms with Gasteiger partial charge in [0, 0.05) is 11.8 Å². The smallest absolute Gasteiger partial charge is 0.242 e. The molecule has 3 N–H and O–H groups in total. The van der Waals surface area contributed by atoms with Gasteiger partial charge in [0.2, 0.25) is 5.91 Å². The molecule has 0 saturated carbocycles. The molecule has 110 valence electrons. The van der Waals surface area contributed by atoms with E-state index in [-0.39, 0.29) is 23.1 Å². The zero-order valence-electron chi connectivity index (χ0n) is 12.2. The molecule has 2 rings (SSSR count). The van der Waals surface area contributed by atoms with Gasteiger partial charge >= 0.3 is 0 Å².